The number of hydrogen-bond acceptors (Lipinski definition) is 7. The second-order valence-electron chi connectivity index (χ2n) is 5.05. The molecule has 0 radical (unpaired) electrons. The van der Waals surface area contributed by atoms with Crippen LogP contribution >= 0.6 is 11.3 Å². The molecular weight excluding hydrogens is 326 g/mol. The highest BCUT2D eigenvalue weighted by atomic mass is 32.1. The smallest absolute Gasteiger partial charge is 0.158 e. The van der Waals surface area contributed by atoms with Gasteiger partial charge in [-0.05, 0) is 12.1 Å². The van der Waals surface area contributed by atoms with Crippen molar-refractivity contribution in [3.05, 3.63) is 53.9 Å². The number of aromatic nitrogens is 5. The molecule has 0 fully saturated rings. The van der Waals surface area contributed by atoms with Crippen molar-refractivity contribution in [3.8, 4) is 27.7 Å². The van der Waals surface area contributed by atoms with Crippen LogP contribution in [0.15, 0.2) is 52.6 Å². The Labute approximate surface area is 141 Å². The molecule has 0 aliphatic heterocycles. The van der Waals surface area contributed by atoms with Crippen molar-refractivity contribution < 1.29 is 9.26 Å². The van der Waals surface area contributed by atoms with Crippen LogP contribution in [0.1, 0.15) is 5.76 Å². The summed E-state index contributed by atoms with van der Waals surface area (Å²) in [5, 5.41) is 15.1. The Morgan fingerprint density at radius 2 is 2.21 bits per heavy atom. The quantitative estimate of drug-likeness (QED) is 0.556. The van der Waals surface area contributed by atoms with Crippen LogP contribution in [-0.4, -0.2) is 32.2 Å². The maximum atomic E-state index is 5.40. The average Bonchev–Trinajstić information content (AvgIpc) is 3.36. The Morgan fingerprint density at radius 1 is 1.25 bits per heavy atom. The number of benzene rings is 1. The van der Waals surface area contributed by atoms with E-state index in [9.17, 15) is 0 Å². The van der Waals surface area contributed by atoms with Gasteiger partial charge in [-0.3, -0.25) is 0 Å². The normalized spacial score (nSPS) is 10.9. The van der Waals surface area contributed by atoms with E-state index in [4.69, 9.17) is 9.26 Å². The Balaban J connectivity index is 1.53. The maximum absolute atomic E-state index is 5.40. The molecule has 0 unspecified atom stereocenters. The molecule has 3 heterocycles. The molecule has 1 aromatic carbocycles. The molecule has 24 heavy (non-hydrogen) atoms. The van der Waals surface area contributed by atoms with Gasteiger partial charge in [0.2, 0.25) is 0 Å². The third-order valence-corrected chi connectivity index (χ3v) is 4.23. The van der Waals surface area contributed by atoms with E-state index in [1.165, 1.54) is 11.3 Å². The van der Waals surface area contributed by atoms with Gasteiger partial charge in [0, 0.05) is 23.2 Å². The molecule has 0 saturated carbocycles. The van der Waals surface area contributed by atoms with Crippen LogP contribution < -0.4 is 4.74 Å². The molecule has 0 amide bonds. The highest BCUT2D eigenvalue weighted by Gasteiger charge is 2.11. The van der Waals surface area contributed by atoms with Gasteiger partial charge in [-0.2, -0.15) is 0 Å². The van der Waals surface area contributed by atoms with Crippen molar-refractivity contribution in [2.24, 2.45) is 0 Å². The predicted molar refractivity (Wildman–Crippen MR) is 88.7 cm³/mol. The number of hydrogen-bond donors (Lipinski definition) is 0. The summed E-state index contributed by atoms with van der Waals surface area (Å²) in [4.78, 5) is 4.22. The van der Waals surface area contributed by atoms with Crippen molar-refractivity contribution in [2.45, 2.75) is 6.54 Å². The van der Waals surface area contributed by atoms with Gasteiger partial charge in [0.25, 0.3) is 0 Å². The molecule has 3 aromatic heterocycles. The van der Waals surface area contributed by atoms with Gasteiger partial charge in [0.15, 0.2) is 5.76 Å². The summed E-state index contributed by atoms with van der Waals surface area (Å²) in [6, 6.07) is 9.57. The van der Waals surface area contributed by atoms with Gasteiger partial charge in [-0.15, -0.1) is 16.4 Å². The number of nitrogens with zero attached hydrogens (tertiary/aromatic N) is 5. The summed E-state index contributed by atoms with van der Waals surface area (Å²) in [5.41, 5.74) is 2.44. The van der Waals surface area contributed by atoms with Crippen LogP contribution in [0.2, 0.25) is 0 Å². The van der Waals surface area contributed by atoms with E-state index in [-0.39, 0.29) is 0 Å². The van der Waals surface area contributed by atoms with Crippen molar-refractivity contribution in [1.29, 1.82) is 0 Å². The molecule has 0 spiro atoms. The molecular formula is C16H13N5O2S. The molecule has 0 aliphatic carbocycles. The van der Waals surface area contributed by atoms with E-state index in [2.05, 4.69) is 20.5 Å². The topological polar surface area (TPSA) is 78.9 Å². The fraction of sp³-hybridized carbons (Fsp3) is 0.125. The second-order valence-corrected chi connectivity index (χ2v) is 5.94. The lowest BCUT2D eigenvalue weighted by molar-refractivity contribution is 0.371. The van der Waals surface area contributed by atoms with E-state index in [0.717, 1.165) is 27.7 Å². The van der Waals surface area contributed by atoms with E-state index < -0.39 is 0 Å². The molecule has 0 saturated heterocycles. The highest BCUT2D eigenvalue weighted by molar-refractivity contribution is 7.13. The van der Waals surface area contributed by atoms with Crippen molar-refractivity contribution in [1.82, 2.24) is 25.1 Å². The fourth-order valence-electron chi connectivity index (χ4n) is 2.29. The first-order valence-corrected chi connectivity index (χ1v) is 8.10. The van der Waals surface area contributed by atoms with E-state index >= 15 is 0 Å². The number of ether oxygens (including phenoxy) is 1. The van der Waals surface area contributed by atoms with Crippen molar-refractivity contribution in [2.75, 3.05) is 7.11 Å². The summed E-state index contributed by atoms with van der Waals surface area (Å²) in [6.45, 7) is 0.454. The van der Waals surface area contributed by atoms with Crippen LogP contribution in [0.3, 0.4) is 0 Å². The molecule has 7 nitrogen and oxygen atoms in total. The molecule has 0 aliphatic rings. The van der Waals surface area contributed by atoms with Crippen LogP contribution in [0.25, 0.3) is 22.0 Å². The first-order chi connectivity index (χ1) is 11.8. The Hall–Kier alpha value is -3.00. The van der Waals surface area contributed by atoms with E-state index in [1.54, 1.807) is 18.0 Å². The average molecular weight is 339 g/mol. The van der Waals surface area contributed by atoms with Gasteiger partial charge in [0.05, 0.1) is 13.3 Å². The first-order valence-electron chi connectivity index (χ1n) is 7.22. The predicted octanol–water partition coefficient (Wildman–Crippen LogP) is 3.11. The Morgan fingerprint density at radius 3 is 3.04 bits per heavy atom. The van der Waals surface area contributed by atoms with Gasteiger partial charge < -0.3 is 9.26 Å². The Kier molecular flexibility index (Phi) is 3.80. The van der Waals surface area contributed by atoms with Crippen LogP contribution in [0.4, 0.5) is 0 Å². The summed E-state index contributed by atoms with van der Waals surface area (Å²) in [7, 11) is 1.64. The third kappa shape index (κ3) is 2.91. The zero-order chi connectivity index (χ0) is 16.4. The minimum atomic E-state index is 0.454. The van der Waals surface area contributed by atoms with Crippen LogP contribution in [0, 0.1) is 0 Å². The lowest BCUT2D eigenvalue weighted by atomic mass is 10.1. The maximum Gasteiger partial charge on any atom is 0.158 e. The first kappa shape index (κ1) is 14.6. The van der Waals surface area contributed by atoms with Crippen molar-refractivity contribution >= 4 is 11.3 Å². The van der Waals surface area contributed by atoms with Gasteiger partial charge in [0.1, 0.15) is 28.7 Å². The highest BCUT2D eigenvalue weighted by Crippen LogP contribution is 2.24. The van der Waals surface area contributed by atoms with Crippen molar-refractivity contribution in [3.63, 3.8) is 0 Å². The molecule has 120 valence electrons. The van der Waals surface area contributed by atoms with Gasteiger partial charge in [-0.1, -0.05) is 22.5 Å². The zero-order valence-corrected chi connectivity index (χ0v) is 13.6. The standard InChI is InChI=1S/C16H13N5O2S/c1-22-12-4-2-3-11(7-12)14-8-13(23-19-14)9-21-10-15(18-20-21)16-17-5-6-24-16/h2-8,10H,9H2,1H3. The molecule has 0 bridgehead atoms. The largest absolute Gasteiger partial charge is 0.497 e. The Bertz CT molecular complexity index is 945. The summed E-state index contributed by atoms with van der Waals surface area (Å²) in [6.07, 6.45) is 3.59. The monoisotopic (exact) mass is 339 g/mol. The summed E-state index contributed by atoms with van der Waals surface area (Å²) in [5.74, 6) is 1.48. The van der Waals surface area contributed by atoms with Gasteiger partial charge >= 0.3 is 0 Å². The second kappa shape index (κ2) is 6.25. The van der Waals surface area contributed by atoms with Gasteiger partial charge in [-0.25, -0.2) is 9.67 Å². The fourth-order valence-corrected chi connectivity index (χ4v) is 2.88. The van der Waals surface area contributed by atoms with Crippen LogP contribution in [-0.2, 0) is 6.54 Å². The summed E-state index contributed by atoms with van der Waals surface area (Å²) >= 11 is 1.53. The molecule has 4 rings (SSSR count). The molecule has 0 atom stereocenters. The van der Waals surface area contributed by atoms with E-state index in [1.807, 2.05) is 41.9 Å². The SMILES string of the molecule is COc1cccc(-c2cc(Cn3cc(-c4nccs4)nn3)on2)c1. The number of methoxy groups -OCH3 is 1. The molecule has 0 N–H and O–H groups in total. The lowest BCUT2D eigenvalue weighted by Gasteiger charge is -2.00. The number of rotatable bonds is 5. The minimum Gasteiger partial charge on any atom is -0.497 e. The summed E-state index contributed by atoms with van der Waals surface area (Å²) < 4.78 is 12.3. The lowest BCUT2D eigenvalue weighted by Crippen LogP contribution is -1.98. The minimum absolute atomic E-state index is 0.454. The van der Waals surface area contributed by atoms with E-state index in [0.29, 0.717) is 12.3 Å². The zero-order valence-electron chi connectivity index (χ0n) is 12.8. The molecule has 8 heteroatoms. The van der Waals surface area contributed by atoms with Crippen LogP contribution in [0.5, 0.6) is 5.75 Å². The number of thiazole rings is 1. The third-order valence-electron chi connectivity index (χ3n) is 3.43. The molecule has 4 aromatic rings.